The largest absolute Gasteiger partial charge is 0.485 e. The quantitative estimate of drug-likeness (QED) is 0.356. The first-order chi connectivity index (χ1) is 21.7. The highest BCUT2D eigenvalue weighted by Crippen LogP contribution is 2.47. The molecular formula is C34H44ClN5O5. The number of aliphatic carboxylic acids is 1. The Morgan fingerprint density at radius 1 is 1.09 bits per heavy atom. The van der Waals surface area contributed by atoms with Crippen molar-refractivity contribution in [3.05, 3.63) is 52.6 Å². The third-order valence-electron chi connectivity index (χ3n) is 10.5. The summed E-state index contributed by atoms with van der Waals surface area (Å²) in [5, 5.41) is 19.7. The van der Waals surface area contributed by atoms with E-state index in [1.807, 2.05) is 33.5 Å². The minimum atomic E-state index is -1.32. The standard InChI is InChI=1S/C34H44ClN5O5/c1-3-34(33(43)44)17-8-7-10-24(34)32(42)40-19-16-23-25(35)14-15-27(45-21-28-36-37-31(38(28)2)22-12-13-22)30(23)26(40)20-39-18-9-5-4-6-11-29(39)41/h3,14-15,22,24,26H,1,4-13,16-21H2,2H3,(H,43,44)/t24-,26+,34-/m0/s1. The average molecular weight is 638 g/mol. The van der Waals surface area contributed by atoms with Crippen molar-refractivity contribution in [2.24, 2.45) is 18.4 Å². The topological polar surface area (TPSA) is 118 Å². The van der Waals surface area contributed by atoms with Crippen LogP contribution in [0.15, 0.2) is 24.8 Å². The summed E-state index contributed by atoms with van der Waals surface area (Å²) >= 11 is 6.81. The summed E-state index contributed by atoms with van der Waals surface area (Å²) in [5.74, 6) is 0.833. The molecule has 2 aliphatic carbocycles. The zero-order valence-electron chi connectivity index (χ0n) is 26.2. The molecule has 0 unspecified atom stereocenters. The van der Waals surface area contributed by atoms with Crippen LogP contribution in [0.5, 0.6) is 5.75 Å². The van der Waals surface area contributed by atoms with Gasteiger partial charge in [-0.15, -0.1) is 16.8 Å². The monoisotopic (exact) mass is 637 g/mol. The number of amides is 2. The maximum absolute atomic E-state index is 14.6. The van der Waals surface area contributed by atoms with Gasteiger partial charge >= 0.3 is 5.97 Å². The fourth-order valence-electron chi connectivity index (χ4n) is 7.65. The fraction of sp³-hybridized carbons (Fsp3) is 0.618. The predicted octanol–water partition coefficient (Wildman–Crippen LogP) is 5.59. The first kappa shape index (κ1) is 31.6. The van der Waals surface area contributed by atoms with Crippen molar-refractivity contribution in [1.29, 1.82) is 0 Å². The van der Waals surface area contributed by atoms with Crippen LogP contribution < -0.4 is 4.74 Å². The Kier molecular flexibility index (Phi) is 9.22. The number of aromatic nitrogens is 3. The smallest absolute Gasteiger partial charge is 0.314 e. The SMILES string of the molecule is C=C[C@]1(C(=O)O)CCCC[C@H]1C(=O)N1CCc2c(Cl)ccc(OCc3nnc(C4CC4)n3C)c2[C@H]1CN1CCCCCCC1=O. The van der Waals surface area contributed by atoms with E-state index in [0.29, 0.717) is 67.8 Å². The van der Waals surface area contributed by atoms with Crippen molar-refractivity contribution in [2.45, 2.75) is 95.6 Å². The van der Waals surface area contributed by atoms with Crippen LogP contribution in [-0.2, 0) is 34.5 Å². The highest BCUT2D eigenvalue weighted by atomic mass is 35.5. The van der Waals surface area contributed by atoms with Crippen LogP contribution in [-0.4, -0.2) is 67.1 Å². The van der Waals surface area contributed by atoms with Gasteiger partial charge in [0.15, 0.2) is 5.82 Å². The third kappa shape index (κ3) is 6.10. The molecule has 2 aliphatic heterocycles. The van der Waals surface area contributed by atoms with E-state index in [1.165, 1.54) is 6.08 Å². The number of rotatable bonds is 9. The molecule has 0 bridgehead atoms. The number of carboxylic acids is 1. The van der Waals surface area contributed by atoms with Crippen LogP contribution in [0.25, 0.3) is 0 Å². The van der Waals surface area contributed by atoms with Gasteiger partial charge in [0.05, 0.1) is 17.4 Å². The second-order valence-electron chi connectivity index (χ2n) is 13.2. The summed E-state index contributed by atoms with van der Waals surface area (Å²) < 4.78 is 8.47. The van der Waals surface area contributed by atoms with Gasteiger partial charge in [-0.2, -0.15) is 0 Å². The molecule has 242 valence electrons. The molecule has 3 fully saturated rings. The van der Waals surface area contributed by atoms with Gasteiger partial charge in [-0.3, -0.25) is 14.4 Å². The van der Waals surface area contributed by atoms with Gasteiger partial charge in [0.1, 0.15) is 18.2 Å². The fourth-order valence-corrected chi connectivity index (χ4v) is 7.91. The molecule has 2 aromatic rings. The number of halogens is 1. The van der Waals surface area contributed by atoms with Crippen molar-refractivity contribution < 1.29 is 24.2 Å². The van der Waals surface area contributed by atoms with E-state index in [-0.39, 0.29) is 18.4 Å². The Morgan fingerprint density at radius 3 is 2.64 bits per heavy atom. The van der Waals surface area contributed by atoms with E-state index in [0.717, 1.165) is 68.3 Å². The normalized spacial score (nSPS) is 25.7. The summed E-state index contributed by atoms with van der Waals surface area (Å²) in [6.07, 6.45) is 10.9. The summed E-state index contributed by atoms with van der Waals surface area (Å²) in [6, 6.07) is 3.12. The molecule has 1 aromatic carbocycles. The van der Waals surface area contributed by atoms with Gasteiger partial charge in [-0.05, 0) is 62.6 Å². The number of hydrogen-bond donors (Lipinski definition) is 1. The molecule has 1 saturated heterocycles. The van der Waals surface area contributed by atoms with Crippen LogP contribution in [0.3, 0.4) is 0 Å². The molecule has 3 atom stereocenters. The van der Waals surface area contributed by atoms with Crippen molar-refractivity contribution in [2.75, 3.05) is 19.6 Å². The number of hydrogen-bond acceptors (Lipinski definition) is 6. The molecule has 45 heavy (non-hydrogen) atoms. The number of fused-ring (bicyclic) bond motifs is 1. The van der Waals surface area contributed by atoms with Crippen molar-refractivity contribution in [3.8, 4) is 5.75 Å². The number of carbonyl (C=O) groups excluding carboxylic acids is 2. The summed E-state index contributed by atoms with van der Waals surface area (Å²) in [6.45, 7) is 5.35. The molecule has 1 aromatic heterocycles. The van der Waals surface area contributed by atoms with Gasteiger partial charge in [0.2, 0.25) is 11.8 Å². The van der Waals surface area contributed by atoms with Crippen molar-refractivity contribution in [1.82, 2.24) is 24.6 Å². The minimum absolute atomic E-state index is 0.0778. The lowest BCUT2D eigenvalue weighted by atomic mass is 9.65. The van der Waals surface area contributed by atoms with Gasteiger partial charge in [-0.25, -0.2) is 0 Å². The van der Waals surface area contributed by atoms with Crippen LogP contribution in [0.1, 0.15) is 105 Å². The summed E-state index contributed by atoms with van der Waals surface area (Å²) in [5.41, 5.74) is 0.363. The van der Waals surface area contributed by atoms with E-state index in [2.05, 4.69) is 16.8 Å². The second-order valence-corrected chi connectivity index (χ2v) is 13.6. The van der Waals surface area contributed by atoms with Crippen molar-refractivity contribution in [3.63, 3.8) is 0 Å². The average Bonchev–Trinajstić information content (AvgIpc) is 3.81. The Bertz CT molecular complexity index is 1470. The van der Waals surface area contributed by atoms with Gasteiger partial charge < -0.3 is 24.2 Å². The molecule has 0 radical (unpaired) electrons. The Hall–Kier alpha value is -3.40. The molecule has 2 amide bonds. The lowest BCUT2D eigenvalue weighted by Gasteiger charge is -2.45. The number of carboxylic acid groups (broad SMARTS) is 1. The van der Waals surface area contributed by atoms with Gasteiger partial charge in [0.25, 0.3) is 0 Å². The van der Waals surface area contributed by atoms with Crippen LogP contribution in [0.2, 0.25) is 5.02 Å². The first-order valence-electron chi connectivity index (χ1n) is 16.5. The van der Waals surface area contributed by atoms with Crippen LogP contribution in [0, 0.1) is 11.3 Å². The zero-order valence-corrected chi connectivity index (χ0v) is 26.9. The Labute approximate surface area is 269 Å². The number of ether oxygens (including phenoxy) is 1. The number of nitrogens with zero attached hydrogens (tertiary/aromatic N) is 5. The molecule has 0 spiro atoms. The first-order valence-corrected chi connectivity index (χ1v) is 16.9. The summed E-state index contributed by atoms with van der Waals surface area (Å²) in [7, 11) is 1.96. The maximum atomic E-state index is 14.6. The highest BCUT2D eigenvalue weighted by Gasteiger charge is 2.51. The van der Waals surface area contributed by atoms with E-state index >= 15 is 0 Å². The van der Waals surface area contributed by atoms with Gasteiger partial charge in [0, 0.05) is 49.6 Å². The van der Waals surface area contributed by atoms with Crippen LogP contribution in [0.4, 0.5) is 0 Å². The van der Waals surface area contributed by atoms with E-state index in [9.17, 15) is 19.5 Å². The zero-order chi connectivity index (χ0) is 31.7. The third-order valence-corrected chi connectivity index (χ3v) is 10.8. The van der Waals surface area contributed by atoms with E-state index in [4.69, 9.17) is 16.3 Å². The summed E-state index contributed by atoms with van der Waals surface area (Å²) in [4.78, 5) is 44.3. The molecule has 2 saturated carbocycles. The molecule has 6 rings (SSSR count). The predicted molar refractivity (Wildman–Crippen MR) is 169 cm³/mol. The van der Waals surface area contributed by atoms with Crippen LogP contribution >= 0.6 is 11.6 Å². The molecule has 11 heteroatoms. The van der Waals surface area contributed by atoms with Gasteiger partial charge in [-0.1, -0.05) is 43.4 Å². The highest BCUT2D eigenvalue weighted by molar-refractivity contribution is 6.31. The molecule has 3 heterocycles. The second kappa shape index (κ2) is 13.1. The molecule has 1 N–H and O–H groups in total. The number of carbonyl (C=O) groups is 3. The van der Waals surface area contributed by atoms with E-state index < -0.39 is 23.3 Å². The van der Waals surface area contributed by atoms with E-state index in [1.54, 1.807) is 0 Å². The lowest BCUT2D eigenvalue weighted by molar-refractivity contribution is -0.160. The number of benzene rings is 1. The molecular weight excluding hydrogens is 594 g/mol. The Morgan fingerprint density at radius 2 is 1.89 bits per heavy atom. The lowest BCUT2D eigenvalue weighted by Crippen LogP contribution is -2.53. The van der Waals surface area contributed by atoms with Crippen molar-refractivity contribution >= 4 is 29.4 Å². The molecule has 10 nitrogen and oxygen atoms in total. The Balaban J connectivity index is 1.38. The molecule has 4 aliphatic rings. The minimum Gasteiger partial charge on any atom is -0.485 e. The number of likely N-dealkylation sites (tertiary alicyclic amines) is 1. The maximum Gasteiger partial charge on any atom is 0.314 e.